The topological polar surface area (TPSA) is 48.5 Å². The van der Waals surface area contributed by atoms with Crippen molar-refractivity contribution in [3.8, 4) is 0 Å². The van der Waals surface area contributed by atoms with E-state index in [2.05, 4.69) is 53.8 Å². The summed E-state index contributed by atoms with van der Waals surface area (Å²) in [6.45, 7) is 9.04. The van der Waals surface area contributed by atoms with Gasteiger partial charge in [0.25, 0.3) is 0 Å². The number of hydrogen-bond donors (Lipinski definition) is 3. The molecule has 0 radical (unpaired) electrons. The number of aliphatic imine (C=N–C) groups is 1. The van der Waals surface area contributed by atoms with Crippen molar-refractivity contribution in [3.05, 3.63) is 35.9 Å². The molecule has 0 aliphatic carbocycles. The van der Waals surface area contributed by atoms with Crippen molar-refractivity contribution >= 4 is 5.96 Å². The molecule has 0 aliphatic rings. The minimum Gasteiger partial charge on any atom is -0.355 e. The van der Waals surface area contributed by atoms with Crippen molar-refractivity contribution in [3.63, 3.8) is 0 Å². The summed E-state index contributed by atoms with van der Waals surface area (Å²) in [5.74, 6) is 0.833. The predicted octanol–water partition coefficient (Wildman–Crippen LogP) is 1.74. The molecule has 19 heavy (non-hydrogen) atoms. The maximum absolute atomic E-state index is 4.20. The van der Waals surface area contributed by atoms with Gasteiger partial charge in [0.2, 0.25) is 0 Å². The van der Waals surface area contributed by atoms with Gasteiger partial charge in [-0.1, -0.05) is 30.3 Å². The summed E-state index contributed by atoms with van der Waals surface area (Å²) in [5, 5.41) is 10.0. The average molecular weight is 262 g/mol. The average Bonchev–Trinajstić information content (AvgIpc) is 2.38. The molecule has 0 spiro atoms. The standard InChI is InChI=1S/C15H26N4/c1-15(2,3)19-11-10-17-14(16-4)18-12-13-8-6-5-7-9-13/h5-9,19H,10-12H2,1-4H3,(H2,16,17,18). The van der Waals surface area contributed by atoms with Crippen molar-refractivity contribution < 1.29 is 0 Å². The molecule has 0 aromatic heterocycles. The van der Waals surface area contributed by atoms with Crippen molar-refractivity contribution in [1.29, 1.82) is 0 Å². The molecule has 4 heteroatoms. The molecular weight excluding hydrogens is 236 g/mol. The first kappa shape index (κ1) is 15.5. The lowest BCUT2D eigenvalue weighted by molar-refractivity contribution is 0.428. The van der Waals surface area contributed by atoms with E-state index in [0.717, 1.165) is 25.6 Å². The molecular formula is C15H26N4. The Morgan fingerprint density at radius 1 is 1.05 bits per heavy atom. The van der Waals surface area contributed by atoms with E-state index in [9.17, 15) is 0 Å². The van der Waals surface area contributed by atoms with E-state index >= 15 is 0 Å². The number of hydrogen-bond acceptors (Lipinski definition) is 2. The summed E-state index contributed by atoms with van der Waals surface area (Å²) in [6, 6.07) is 10.3. The first-order valence-electron chi connectivity index (χ1n) is 6.75. The van der Waals surface area contributed by atoms with Crippen LogP contribution in [0.3, 0.4) is 0 Å². The highest BCUT2D eigenvalue weighted by molar-refractivity contribution is 5.79. The van der Waals surface area contributed by atoms with Crippen LogP contribution in [-0.4, -0.2) is 31.6 Å². The Morgan fingerprint density at radius 2 is 1.74 bits per heavy atom. The van der Waals surface area contributed by atoms with Gasteiger partial charge in [0, 0.05) is 32.2 Å². The summed E-state index contributed by atoms with van der Waals surface area (Å²) in [5.41, 5.74) is 1.40. The van der Waals surface area contributed by atoms with Crippen molar-refractivity contribution in [2.45, 2.75) is 32.9 Å². The van der Waals surface area contributed by atoms with E-state index in [0.29, 0.717) is 0 Å². The van der Waals surface area contributed by atoms with Gasteiger partial charge in [0.15, 0.2) is 5.96 Å². The minimum absolute atomic E-state index is 0.155. The molecule has 0 heterocycles. The molecule has 0 saturated heterocycles. The SMILES string of the molecule is CN=C(NCCNC(C)(C)C)NCc1ccccc1. The van der Waals surface area contributed by atoms with Gasteiger partial charge < -0.3 is 16.0 Å². The number of benzene rings is 1. The van der Waals surface area contributed by atoms with Crippen LogP contribution in [0.4, 0.5) is 0 Å². The summed E-state index contributed by atoms with van der Waals surface area (Å²) in [7, 11) is 1.79. The van der Waals surface area contributed by atoms with Gasteiger partial charge in [-0.15, -0.1) is 0 Å². The highest BCUT2D eigenvalue weighted by Gasteiger charge is 2.07. The third-order valence-corrected chi connectivity index (χ3v) is 2.60. The summed E-state index contributed by atoms with van der Waals surface area (Å²) in [6.07, 6.45) is 0. The Labute approximate surface area is 116 Å². The molecule has 0 atom stereocenters. The summed E-state index contributed by atoms with van der Waals surface area (Å²) >= 11 is 0. The number of guanidine groups is 1. The van der Waals surface area contributed by atoms with Crippen LogP contribution in [0.1, 0.15) is 26.3 Å². The van der Waals surface area contributed by atoms with Crippen LogP contribution in [0, 0.1) is 0 Å². The second-order valence-corrected chi connectivity index (χ2v) is 5.51. The molecule has 0 aliphatic heterocycles. The van der Waals surface area contributed by atoms with Crippen LogP contribution in [0.15, 0.2) is 35.3 Å². The number of nitrogens with one attached hydrogen (secondary N) is 3. The van der Waals surface area contributed by atoms with E-state index in [1.54, 1.807) is 7.05 Å². The number of nitrogens with zero attached hydrogens (tertiary/aromatic N) is 1. The molecule has 0 unspecified atom stereocenters. The van der Waals surface area contributed by atoms with E-state index in [4.69, 9.17) is 0 Å². The van der Waals surface area contributed by atoms with Crippen LogP contribution in [0.2, 0.25) is 0 Å². The predicted molar refractivity (Wildman–Crippen MR) is 82.4 cm³/mol. The molecule has 1 rings (SSSR count). The number of rotatable bonds is 5. The fourth-order valence-corrected chi connectivity index (χ4v) is 1.62. The van der Waals surface area contributed by atoms with E-state index in [-0.39, 0.29) is 5.54 Å². The van der Waals surface area contributed by atoms with Crippen LogP contribution < -0.4 is 16.0 Å². The van der Waals surface area contributed by atoms with Crippen LogP contribution in [0.25, 0.3) is 0 Å². The quantitative estimate of drug-likeness (QED) is 0.430. The highest BCUT2D eigenvalue weighted by Crippen LogP contribution is 1.97. The Morgan fingerprint density at radius 3 is 2.32 bits per heavy atom. The maximum Gasteiger partial charge on any atom is 0.191 e. The second-order valence-electron chi connectivity index (χ2n) is 5.51. The Kier molecular flexibility index (Phi) is 6.36. The third kappa shape index (κ3) is 7.47. The lowest BCUT2D eigenvalue weighted by Crippen LogP contribution is -2.44. The molecule has 3 N–H and O–H groups in total. The fourth-order valence-electron chi connectivity index (χ4n) is 1.62. The maximum atomic E-state index is 4.20. The van der Waals surface area contributed by atoms with Crippen molar-refractivity contribution in [2.24, 2.45) is 4.99 Å². The molecule has 0 saturated carbocycles. The lowest BCUT2D eigenvalue weighted by Gasteiger charge is -2.21. The first-order valence-corrected chi connectivity index (χ1v) is 6.75. The van der Waals surface area contributed by atoms with Gasteiger partial charge in [0.1, 0.15) is 0 Å². The third-order valence-electron chi connectivity index (χ3n) is 2.60. The fraction of sp³-hybridized carbons (Fsp3) is 0.533. The summed E-state index contributed by atoms with van der Waals surface area (Å²) in [4.78, 5) is 4.20. The molecule has 0 fully saturated rings. The van der Waals surface area contributed by atoms with Gasteiger partial charge in [-0.3, -0.25) is 4.99 Å². The van der Waals surface area contributed by atoms with Gasteiger partial charge in [-0.25, -0.2) is 0 Å². The second kappa shape index (κ2) is 7.79. The molecule has 0 bridgehead atoms. The van der Waals surface area contributed by atoms with Gasteiger partial charge in [0.05, 0.1) is 0 Å². The highest BCUT2D eigenvalue weighted by atomic mass is 15.2. The Balaban J connectivity index is 2.24. The summed E-state index contributed by atoms with van der Waals surface area (Å²) < 4.78 is 0. The van der Waals surface area contributed by atoms with Gasteiger partial charge >= 0.3 is 0 Å². The minimum atomic E-state index is 0.155. The van der Waals surface area contributed by atoms with E-state index < -0.39 is 0 Å². The van der Waals surface area contributed by atoms with Crippen LogP contribution in [-0.2, 0) is 6.54 Å². The molecule has 106 valence electrons. The zero-order valence-corrected chi connectivity index (χ0v) is 12.5. The largest absolute Gasteiger partial charge is 0.355 e. The van der Waals surface area contributed by atoms with E-state index in [1.807, 2.05) is 18.2 Å². The smallest absolute Gasteiger partial charge is 0.191 e. The first-order chi connectivity index (χ1) is 9.01. The Bertz CT molecular complexity index is 379. The van der Waals surface area contributed by atoms with Gasteiger partial charge in [-0.05, 0) is 26.3 Å². The van der Waals surface area contributed by atoms with Crippen LogP contribution >= 0.6 is 0 Å². The zero-order chi connectivity index (χ0) is 14.1. The van der Waals surface area contributed by atoms with Crippen molar-refractivity contribution in [2.75, 3.05) is 20.1 Å². The Hall–Kier alpha value is -1.55. The van der Waals surface area contributed by atoms with Crippen LogP contribution in [0.5, 0.6) is 0 Å². The molecule has 0 amide bonds. The van der Waals surface area contributed by atoms with Gasteiger partial charge in [-0.2, -0.15) is 0 Å². The molecule has 1 aromatic carbocycles. The van der Waals surface area contributed by atoms with E-state index in [1.165, 1.54) is 5.56 Å². The normalized spacial score (nSPS) is 12.3. The zero-order valence-electron chi connectivity index (χ0n) is 12.5. The molecule has 1 aromatic rings. The van der Waals surface area contributed by atoms with Crippen molar-refractivity contribution in [1.82, 2.24) is 16.0 Å². The molecule has 4 nitrogen and oxygen atoms in total. The lowest BCUT2D eigenvalue weighted by atomic mass is 10.1. The monoisotopic (exact) mass is 262 g/mol.